The van der Waals surface area contributed by atoms with Gasteiger partial charge in [-0.15, -0.1) is 0 Å². The molecule has 0 spiro atoms. The SMILES string of the molecule is O=C(NC[C@@H]1CNCCO1)c1ccc(-c2cc(C(F)(F)F)ccn2)cc1. The van der Waals surface area contributed by atoms with Crippen LogP contribution in [-0.2, 0) is 10.9 Å². The van der Waals surface area contributed by atoms with Gasteiger partial charge in [-0.05, 0) is 24.3 Å². The molecule has 0 bridgehead atoms. The van der Waals surface area contributed by atoms with Gasteiger partial charge in [0.25, 0.3) is 5.91 Å². The van der Waals surface area contributed by atoms with Gasteiger partial charge in [0.2, 0.25) is 0 Å². The van der Waals surface area contributed by atoms with Crippen LogP contribution in [0.15, 0.2) is 42.6 Å². The highest BCUT2D eigenvalue weighted by atomic mass is 19.4. The van der Waals surface area contributed by atoms with Crippen molar-refractivity contribution in [1.82, 2.24) is 15.6 Å². The summed E-state index contributed by atoms with van der Waals surface area (Å²) in [5.41, 5.74) is 0.371. The first-order valence-corrected chi connectivity index (χ1v) is 8.18. The molecule has 3 rings (SSSR count). The second kappa shape index (κ2) is 7.84. The fraction of sp³-hybridized carbons (Fsp3) is 0.333. The summed E-state index contributed by atoms with van der Waals surface area (Å²) < 4.78 is 43.9. The molecule has 5 nitrogen and oxygen atoms in total. The van der Waals surface area contributed by atoms with Gasteiger partial charge in [0, 0.05) is 37.0 Å². The number of pyridine rings is 1. The number of aromatic nitrogens is 1. The van der Waals surface area contributed by atoms with Crippen LogP contribution in [0.1, 0.15) is 15.9 Å². The topological polar surface area (TPSA) is 63.2 Å². The molecule has 1 saturated heterocycles. The molecule has 1 atom stereocenters. The summed E-state index contributed by atoms with van der Waals surface area (Å²) in [5, 5.41) is 5.96. The van der Waals surface area contributed by atoms with Crippen molar-refractivity contribution >= 4 is 5.91 Å². The number of nitrogens with zero attached hydrogens (tertiary/aromatic N) is 1. The number of halogens is 3. The molecule has 1 aromatic heterocycles. The molecule has 0 saturated carbocycles. The zero-order chi connectivity index (χ0) is 18.6. The monoisotopic (exact) mass is 365 g/mol. The Morgan fingerprint density at radius 2 is 2.04 bits per heavy atom. The van der Waals surface area contributed by atoms with Crippen LogP contribution in [0.5, 0.6) is 0 Å². The molecule has 0 aliphatic carbocycles. The molecule has 138 valence electrons. The van der Waals surface area contributed by atoms with E-state index in [9.17, 15) is 18.0 Å². The minimum absolute atomic E-state index is 0.0683. The molecule has 1 aromatic carbocycles. The van der Waals surface area contributed by atoms with E-state index in [1.165, 1.54) is 0 Å². The van der Waals surface area contributed by atoms with Gasteiger partial charge < -0.3 is 15.4 Å². The van der Waals surface area contributed by atoms with Crippen LogP contribution in [0, 0.1) is 0 Å². The van der Waals surface area contributed by atoms with Crippen LogP contribution >= 0.6 is 0 Å². The van der Waals surface area contributed by atoms with Crippen LogP contribution in [0.25, 0.3) is 11.3 Å². The summed E-state index contributed by atoms with van der Waals surface area (Å²) in [4.78, 5) is 16.1. The van der Waals surface area contributed by atoms with Crippen molar-refractivity contribution in [1.29, 1.82) is 0 Å². The number of hydrogen-bond donors (Lipinski definition) is 2. The Labute approximate surface area is 148 Å². The summed E-state index contributed by atoms with van der Waals surface area (Å²) in [5.74, 6) is -0.261. The van der Waals surface area contributed by atoms with E-state index in [4.69, 9.17) is 4.74 Å². The fourth-order valence-corrected chi connectivity index (χ4v) is 2.62. The maximum Gasteiger partial charge on any atom is 0.416 e. The number of hydrogen-bond acceptors (Lipinski definition) is 4. The van der Waals surface area contributed by atoms with Gasteiger partial charge in [-0.3, -0.25) is 9.78 Å². The lowest BCUT2D eigenvalue weighted by molar-refractivity contribution is -0.137. The van der Waals surface area contributed by atoms with Gasteiger partial charge in [0.15, 0.2) is 0 Å². The van der Waals surface area contributed by atoms with Gasteiger partial charge in [-0.1, -0.05) is 12.1 Å². The minimum Gasteiger partial charge on any atom is -0.374 e. The molecule has 2 aromatic rings. The Bertz CT molecular complexity index is 757. The normalized spacial score (nSPS) is 17.7. The van der Waals surface area contributed by atoms with Crippen molar-refractivity contribution < 1.29 is 22.7 Å². The summed E-state index contributed by atoms with van der Waals surface area (Å²) >= 11 is 0. The number of morpholine rings is 1. The second-order valence-electron chi connectivity index (χ2n) is 5.91. The summed E-state index contributed by atoms with van der Waals surface area (Å²) in [6.45, 7) is 2.48. The maximum absolute atomic E-state index is 12.8. The number of carbonyl (C=O) groups excluding carboxylic acids is 1. The molecule has 1 fully saturated rings. The molecular weight excluding hydrogens is 347 g/mol. The molecule has 2 heterocycles. The number of ether oxygens (including phenoxy) is 1. The van der Waals surface area contributed by atoms with Gasteiger partial charge >= 0.3 is 6.18 Å². The fourth-order valence-electron chi connectivity index (χ4n) is 2.62. The number of benzene rings is 1. The Hall–Kier alpha value is -2.45. The molecular formula is C18H18F3N3O2. The Kier molecular flexibility index (Phi) is 5.53. The molecule has 0 radical (unpaired) electrons. The molecule has 1 amide bonds. The van der Waals surface area contributed by atoms with Crippen LogP contribution in [0.3, 0.4) is 0 Å². The van der Waals surface area contributed by atoms with Crippen molar-refractivity contribution in [3.63, 3.8) is 0 Å². The number of amides is 1. The first kappa shape index (κ1) is 18.3. The largest absolute Gasteiger partial charge is 0.416 e. The van der Waals surface area contributed by atoms with E-state index >= 15 is 0 Å². The van der Waals surface area contributed by atoms with Gasteiger partial charge in [0.1, 0.15) is 0 Å². The molecule has 26 heavy (non-hydrogen) atoms. The molecule has 8 heteroatoms. The number of rotatable bonds is 4. The minimum atomic E-state index is -4.42. The van der Waals surface area contributed by atoms with Crippen molar-refractivity contribution in [2.75, 3.05) is 26.2 Å². The van der Waals surface area contributed by atoms with Crippen LogP contribution in [0.2, 0.25) is 0 Å². The average molecular weight is 365 g/mol. The predicted octanol–water partition coefficient (Wildman–Crippen LogP) is 2.49. The summed E-state index contributed by atoms with van der Waals surface area (Å²) in [6.07, 6.45) is -3.37. The lowest BCUT2D eigenvalue weighted by atomic mass is 10.1. The highest BCUT2D eigenvalue weighted by Crippen LogP contribution is 2.31. The Morgan fingerprint density at radius 1 is 1.27 bits per heavy atom. The van der Waals surface area contributed by atoms with Gasteiger partial charge in [-0.2, -0.15) is 13.2 Å². The van der Waals surface area contributed by atoms with Crippen LogP contribution in [-0.4, -0.2) is 43.2 Å². The highest BCUT2D eigenvalue weighted by molar-refractivity contribution is 5.94. The lowest BCUT2D eigenvalue weighted by Gasteiger charge is -2.23. The summed E-state index contributed by atoms with van der Waals surface area (Å²) in [7, 11) is 0. The third-order valence-corrected chi connectivity index (χ3v) is 4.02. The smallest absolute Gasteiger partial charge is 0.374 e. The zero-order valence-corrected chi connectivity index (χ0v) is 13.8. The standard InChI is InChI=1S/C18H18F3N3O2/c19-18(20,21)14-5-6-23-16(9-14)12-1-3-13(4-2-12)17(25)24-11-15-10-22-7-8-26-15/h1-6,9,15,22H,7-8,10-11H2,(H,24,25)/t15-/m0/s1. The number of alkyl halides is 3. The molecule has 2 N–H and O–H groups in total. The quantitative estimate of drug-likeness (QED) is 0.874. The van der Waals surface area contributed by atoms with E-state index < -0.39 is 11.7 Å². The predicted molar refractivity (Wildman–Crippen MR) is 89.6 cm³/mol. The second-order valence-corrected chi connectivity index (χ2v) is 5.91. The van der Waals surface area contributed by atoms with E-state index in [0.717, 1.165) is 24.9 Å². The van der Waals surface area contributed by atoms with E-state index in [0.29, 0.717) is 30.8 Å². The number of nitrogens with one attached hydrogen (secondary N) is 2. The Balaban J connectivity index is 1.65. The zero-order valence-electron chi connectivity index (χ0n) is 13.8. The molecule has 1 aliphatic rings. The average Bonchev–Trinajstić information content (AvgIpc) is 2.66. The van der Waals surface area contributed by atoms with Gasteiger partial charge in [0.05, 0.1) is 24.0 Å². The van der Waals surface area contributed by atoms with E-state index in [-0.39, 0.29) is 17.7 Å². The van der Waals surface area contributed by atoms with Crippen LogP contribution < -0.4 is 10.6 Å². The van der Waals surface area contributed by atoms with Crippen molar-refractivity contribution in [2.45, 2.75) is 12.3 Å². The van der Waals surface area contributed by atoms with Gasteiger partial charge in [-0.25, -0.2) is 0 Å². The van der Waals surface area contributed by atoms with Crippen molar-refractivity contribution in [3.05, 3.63) is 53.7 Å². The highest BCUT2D eigenvalue weighted by Gasteiger charge is 2.30. The Morgan fingerprint density at radius 3 is 2.69 bits per heavy atom. The molecule has 1 aliphatic heterocycles. The number of carbonyl (C=O) groups is 1. The lowest BCUT2D eigenvalue weighted by Crippen LogP contribution is -2.45. The van der Waals surface area contributed by atoms with E-state index in [1.807, 2.05) is 0 Å². The van der Waals surface area contributed by atoms with E-state index in [1.54, 1.807) is 24.3 Å². The first-order valence-electron chi connectivity index (χ1n) is 8.18. The van der Waals surface area contributed by atoms with Crippen molar-refractivity contribution in [2.24, 2.45) is 0 Å². The first-order chi connectivity index (χ1) is 12.4. The van der Waals surface area contributed by atoms with E-state index in [2.05, 4.69) is 15.6 Å². The van der Waals surface area contributed by atoms with Crippen LogP contribution in [0.4, 0.5) is 13.2 Å². The third kappa shape index (κ3) is 4.59. The summed E-state index contributed by atoms with van der Waals surface area (Å²) in [6, 6.07) is 8.20. The maximum atomic E-state index is 12.8. The third-order valence-electron chi connectivity index (χ3n) is 4.02. The molecule has 0 unspecified atom stereocenters. The van der Waals surface area contributed by atoms with Crippen molar-refractivity contribution in [3.8, 4) is 11.3 Å².